The lowest BCUT2D eigenvalue weighted by atomic mass is 9.77. The molecule has 4 nitrogen and oxygen atoms in total. The molecule has 0 radical (unpaired) electrons. The molecule has 2 rings (SSSR count). The normalized spacial score (nSPS) is 21.1. The Bertz CT molecular complexity index is 470. The zero-order valence-corrected chi connectivity index (χ0v) is 14.1. The number of hydrogen-bond donors (Lipinski definition) is 2. The lowest BCUT2D eigenvalue weighted by Crippen LogP contribution is -2.26. The van der Waals surface area contributed by atoms with Gasteiger partial charge < -0.3 is 5.43 Å². The molecule has 0 amide bonds. The van der Waals surface area contributed by atoms with Crippen LogP contribution in [0.4, 0.5) is 5.82 Å². The molecule has 2 heterocycles. The SMILES string of the molecule is CC(C)(C)C1CCCN(Cc2nc(NN)ccc2Cl)CC1. The van der Waals surface area contributed by atoms with Gasteiger partial charge in [0.05, 0.1) is 10.7 Å². The highest BCUT2D eigenvalue weighted by molar-refractivity contribution is 6.31. The lowest BCUT2D eigenvalue weighted by Gasteiger charge is -2.29. The molecule has 0 aromatic carbocycles. The maximum Gasteiger partial charge on any atom is 0.140 e. The molecule has 118 valence electrons. The van der Waals surface area contributed by atoms with Crippen LogP contribution in [0.5, 0.6) is 0 Å². The van der Waals surface area contributed by atoms with E-state index in [2.05, 4.69) is 36.1 Å². The Kier molecular flexibility index (Phi) is 5.47. The van der Waals surface area contributed by atoms with Crippen LogP contribution in [0.15, 0.2) is 12.1 Å². The summed E-state index contributed by atoms with van der Waals surface area (Å²) in [5.74, 6) is 6.88. The average molecular weight is 311 g/mol. The van der Waals surface area contributed by atoms with E-state index in [-0.39, 0.29) is 0 Å². The van der Waals surface area contributed by atoms with Crippen LogP contribution in [-0.4, -0.2) is 23.0 Å². The molecule has 1 saturated heterocycles. The van der Waals surface area contributed by atoms with Crippen molar-refractivity contribution in [3.63, 3.8) is 0 Å². The third-order valence-corrected chi connectivity index (χ3v) is 4.83. The van der Waals surface area contributed by atoms with Gasteiger partial charge in [0.15, 0.2) is 0 Å². The van der Waals surface area contributed by atoms with Crippen molar-refractivity contribution < 1.29 is 0 Å². The number of rotatable bonds is 3. The number of nitrogen functional groups attached to an aromatic ring is 1. The number of pyridine rings is 1. The zero-order valence-electron chi connectivity index (χ0n) is 13.3. The first-order chi connectivity index (χ1) is 9.90. The van der Waals surface area contributed by atoms with E-state index >= 15 is 0 Å². The lowest BCUT2D eigenvalue weighted by molar-refractivity contribution is 0.206. The molecule has 3 N–H and O–H groups in total. The number of nitrogens with zero attached hydrogens (tertiary/aromatic N) is 2. The van der Waals surface area contributed by atoms with E-state index in [1.807, 2.05) is 6.07 Å². The van der Waals surface area contributed by atoms with Crippen molar-refractivity contribution in [1.29, 1.82) is 0 Å². The topological polar surface area (TPSA) is 54.2 Å². The van der Waals surface area contributed by atoms with Crippen LogP contribution in [0.2, 0.25) is 5.02 Å². The van der Waals surface area contributed by atoms with Crippen LogP contribution in [-0.2, 0) is 6.54 Å². The van der Waals surface area contributed by atoms with E-state index in [0.717, 1.165) is 31.2 Å². The van der Waals surface area contributed by atoms with Gasteiger partial charge in [0.2, 0.25) is 0 Å². The van der Waals surface area contributed by atoms with Gasteiger partial charge in [-0.2, -0.15) is 0 Å². The number of hydrogen-bond acceptors (Lipinski definition) is 4. The summed E-state index contributed by atoms with van der Waals surface area (Å²) >= 11 is 6.26. The first-order valence-electron chi connectivity index (χ1n) is 7.74. The summed E-state index contributed by atoms with van der Waals surface area (Å²) in [6.45, 7) is 10.1. The monoisotopic (exact) mass is 310 g/mol. The highest BCUT2D eigenvalue weighted by Crippen LogP contribution is 2.34. The fourth-order valence-corrected chi connectivity index (χ4v) is 3.23. The molecule has 1 aliphatic rings. The molecule has 1 atom stereocenters. The Morgan fingerprint density at radius 3 is 2.76 bits per heavy atom. The second-order valence-corrected chi connectivity index (χ2v) is 7.45. The number of nitrogens with one attached hydrogen (secondary N) is 1. The summed E-state index contributed by atoms with van der Waals surface area (Å²) in [5.41, 5.74) is 3.88. The molecule has 0 aliphatic carbocycles. The van der Waals surface area contributed by atoms with Crippen LogP contribution < -0.4 is 11.3 Å². The molecule has 1 aromatic heterocycles. The van der Waals surface area contributed by atoms with Gasteiger partial charge in [-0.25, -0.2) is 10.8 Å². The largest absolute Gasteiger partial charge is 0.308 e. The third kappa shape index (κ3) is 4.56. The van der Waals surface area contributed by atoms with Gasteiger partial charge in [0.1, 0.15) is 5.82 Å². The van der Waals surface area contributed by atoms with E-state index in [4.69, 9.17) is 17.4 Å². The van der Waals surface area contributed by atoms with Gasteiger partial charge in [0, 0.05) is 6.54 Å². The van der Waals surface area contributed by atoms with Crippen LogP contribution in [0.1, 0.15) is 45.7 Å². The molecule has 0 saturated carbocycles. The molecule has 1 aliphatic heterocycles. The van der Waals surface area contributed by atoms with Crippen LogP contribution in [0.3, 0.4) is 0 Å². The summed E-state index contributed by atoms with van der Waals surface area (Å²) in [5, 5.41) is 0.714. The van der Waals surface area contributed by atoms with Crippen LogP contribution in [0.25, 0.3) is 0 Å². The standard InChI is InChI=1S/C16H27ClN4/c1-16(2,3)12-5-4-9-21(10-8-12)11-14-13(17)6-7-15(19-14)20-18/h6-7,12H,4-5,8-11,18H2,1-3H3,(H,19,20). The molecule has 5 heteroatoms. The smallest absolute Gasteiger partial charge is 0.140 e. The summed E-state index contributed by atoms with van der Waals surface area (Å²) in [4.78, 5) is 6.93. The third-order valence-electron chi connectivity index (χ3n) is 4.49. The van der Waals surface area contributed by atoms with Crippen LogP contribution >= 0.6 is 11.6 Å². The van der Waals surface area contributed by atoms with E-state index in [1.54, 1.807) is 6.07 Å². The number of halogens is 1. The number of aromatic nitrogens is 1. The fraction of sp³-hybridized carbons (Fsp3) is 0.688. The maximum absolute atomic E-state index is 6.26. The second-order valence-electron chi connectivity index (χ2n) is 7.04. The van der Waals surface area contributed by atoms with Crippen molar-refractivity contribution >= 4 is 17.4 Å². The minimum absolute atomic E-state index is 0.398. The minimum Gasteiger partial charge on any atom is -0.308 e. The Hall–Kier alpha value is -0.840. The Labute approximate surface area is 133 Å². The minimum atomic E-state index is 0.398. The maximum atomic E-state index is 6.26. The van der Waals surface area contributed by atoms with Gasteiger partial charge in [-0.3, -0.25) is 4.90 Å². The van der Waals surface area contributed by atoms with Gasteiger partial charge in [0.25, 0.3) is 0 Å². The van der Waals surface area contributed by atoms with E-state index < -0.39 is 0 Å². The molecule has 0 bridgehead atoms. The molecule has 0 spiro atoms. The number of nitrogens with two attached hydrogens (primary N) is 1. The van der Waals surface area contributed by atoms with Crippen molar-refractivity contribution in [2.75, 3.05) is 18.5 Å². The summed E-state index contributed by atoms with van der Waals surface area (Å²) < 4.78 is 0. The van der Waals surface area contributed by atoms with Crippen molar-refractivity contribution in [2.24, 2.45) is 17.2 Å². The quantitative estimate of drug-likeness (QED) is 0.660. The summed E-state index contributed by atoms with van der Waals surface area (Å²) in [6.07, 6.45) is 3.80. The number of anilines is 1. The number of likely N-dealkylation sites (tertiary alicyclic amines) is 1. The van der Waals surface area contributed by atoms with Crippen LogP contribution in [0, 0.1) is 11.3 Å². The van der Waals surface area contributed by atoms with Gasteiger partial charge >= 0.3 is 0 Å². The molecule has 1 unspecified atom stereocenters. The molecular formula is C16H27ClN4. The average Bonchev–Trinajstić information content (AvgIpc) is 2.66. The predicted octanol–water partition coefficient (Wildman–Crippen LogP) is 3.67. The van der Waals surface area contributed by atoms with E-state index in [1.165, 1.54) is 19.3 Å². The fourth-order valence-electron chi connectivity index (χ4n) is 3.07. The highest BCUT2D eigenvalue weighted by atomic mass is 35.5. The first kappa shape index (κ1) is 16.5. The van der Waals surface area contributed by atoms with Gasteiger partial charge in [-0.05, 0) is 55.8 Å². The van der Waals surface area contributed by atoms with E-state index in [0.29, 0.717) is 16.3 Å². The Morgan fingerprint density at radius 1 is 1.33 bits per heavy atom. The first-order valence-corrected chi connectivity index (χ1v) is 8.12. The molecule has 1 fully saturated rings. The van der Waals surface area contributed by atoms with Crippen molar-refractivity contribution in [2.45, 2.75) is 46.6 Å². The molecule has 21 heavy (non-hydrogen) atoms. The number of hydrazine groups is 1. The summed E-state index contributed by atoms with van der Waals surface area (Å²) in [6, 6.07) is 3.65. The predicted molar refractivity (Wildman–Crippen MR) is 89.1 cm³/mol. The highest BCUT2D eigenvalue weighted by Gasteiger charge is 2.27. The second kappa shape index (κ2) is 6.95. The molecule has 1 aromatic rings. The van der Waals surface area contributed by atoms with Crippen molar-refractivity contribution in [3.05, 3.63) is 22.8 Å². The molecular weight excluding hydrogens is 284 g/mol. The van der Waals surface area contributed by atoms with Gasteiger partial charge in [-0.1, -0.05) is 32.4 Å². The van der Waals surface area contributed by atoms with Crippen molar-refractivity contribution in [1.82, 2.24) is 9.88 Å². The Balaban J connectivity index is 2.01. The van der Waals surface area contributed by atoms with Crippen molar-refractivity contribution in [3.8, 4) is 0 Å². The summed E-state index contributed by atoms with van der Waals surface area (Å²) in [7, 11) is 0. The zero-order chi connectivity index (χ0) is 15.5. The van der Waals surface area contributed by atoms with Gasteiger partial charge in [-0.15, -0.1) is 0 Å². The van der Waals surface area contributed by atoms with E-state index in [9.17, 15) is 0 Å². The Morgan fingerprint density at radius 2 is 2.10 bits per heavy atom.